The van der Waals surface area contributed by atoms with Gasteiger partial charge in [0, 0.05) is 25.4 Å². The van der Waals surface area contributed by atoms with Crippen LogP contribution in [-0.4, -0.2) is 64.7 Å². The molecule has 1 saturated heterocycles. The van der Waals surface area contributed by atoms with Crippen molar-refractivity contribution in [3.8, 4) is 0 Å². The van der Waals surface area contributed by atoms with E-state index >= 15 is 0 Å². The van der Waals surface area contributed by atoms with Crippen LogP contribution in [0.3, 0.4) is 0 Å². The first-order chi connectivity index (χ1) is 17.1. The van der Waals surface area contributed by atoms with E-state index < -0.39 is 33.1 Å². The maximum Gasteiger partial charge on any atom is 0.262 e. The van der Waals surface area contributed by atoms with E-state index in [-0.39, 0.29) is 52.1 Å². The number of thiocarbonyl (C=S) groups is 1. The molecule has 2 amide bonds. The van der Waals surface area contributed by atoms with Crippen LogP contribution in [0.1, 0.15) is 46.0 Å². The summed E-state index contributed by atoms with van der Waals surface area (Å²) in [5, 5.41) is -0.826. The topological polar surface area (TPSA) is 101 Å². The lowest BCUT2D eigenvalue weighted by Crippen LogP contribution is -2.47. The van der Waals surface area contributed by atoms with Crippen molar-refractivity contribution in [3.63, 3.8) is 0 Å². The molecule has 11 heteroatoms. The zero-order chi connectivity index (χ0) is 26.0. The summed E-state index contributed by atoms with van der Waals surface area (Å²) >= 11 is 6.30. The molecule has 4 rings (SSSR count). The van der Waals surface area contributed by atoms with Gasteiger partial charge in [-0.2, -0.15) is 4.31 Å². The molecular weight excluding hydrogens is 520 g/mol. The lowest BCUT2D eigenvalue weighted by Gasteiger charge is -2.34. The molecule has 2 aromatic rings. The van der Waals surface area contributed by atoms with Gasteiger partial charge in [-0.15, -0.1) is 0 Å². The fraction of sp³-hybridized carbons (Fsp3) is 0.360. The minimum atomic E-state index is -3.81. The maximum absolute atomic E-state index is 13.3. The van der Waals surface area contributed by atoms with Crippen molar-refractivity contribution >= 4 is 56.0 Å². The highest BCUT2D eigenvalue weighted by atomic mass is 32.2. The Morgan fingerprint density at radius 3 is 2.28 bits per heavy atom. The molecular formula is C25H26N2O6S3. The Morgan fingerprint density at radius 2 is 1.69 bits per heavy atom. The molecule has 0 bridgehead atoms. The fourth-order valence-electron chi connectivity index (χ4n) is 4.34. The maximum atomic E-state index is 13.3. The van der Waals surface area contributed by atoms with Gasteiger partial charge in [-0.3, -0.25) is 19.3 Å². The number of rotatable bonds is 7. The highest BCUT2D eigenvalue weighted by molar-refractivity contribution is 8.23. The number of benzene rings is 2. The molecule has 0 saturated carbocycles. The lowest BCUT2D eigenvalue weighted by atomic mass is 9.94. The Labute approximate surface area is 220 Å². The van der Waals surface area contributed by atoms with Crippen LogP contribution in [0.15, 0.2) is 53.4 Å². The molecule has 190 valence electrons. The number of fused-ring (bicyclic) bond motifs is 1. The number of sulfonamides is 1. The minimum absolute atomic E-state index is 0.0450. The average Bonchev–Trinajstić information content (AvgIpc) is 3.10. The number of carbonyl (C=O) groups is 3. The molecule has 36 heavy (non-hydrogen) atoms. The van der Waals surface area contributed by atoms with Crippen molar-refractivity contribution in [2.75, 3.05) is 19.7 Å². The number of Topliss-reactive ketones (excluding diaryl/α,β-unsaturated/α-hetero) is 1. The Balaban J connectivity index is 1.60. The highest BCUT2D eigenvalue weighted by Crippen LogP contribution is 2.35. The van der Waals surface area contributed by atoms with Crippen LogP contribution < -0.4 is 0 Å². The van der Waals surface area contributed by atoms with E-state index in [4.69, 9.17) is 17.0 Å². The zero-order valence-corrected chi connectivity index (χ0v) is 22.3. The van der Waals surface area contributed by atoms with E-state index in [0.29, 0.717) is 6.61 Å². The van der Waals surface area contributed by atoms with E-state index in [1.54, 1.807) is 55.5 Å². The second kappa shape index (κ2) is 10.8. The van der Waals surface area contributed by atoms with Gasteiger partial charge >= 0.3 is 0 Å². The molecule has 0 aromatic heterocycles. The van der Waals surface area contributed by atoms with Gasteiger partial charge in [0.1, 0.15) is 5.78 Å². The summed E-state index contributed by atoms with van der Waals surface area (Å²) in [6.07, 6.45) is 0.104. The van der Waals surface area contributed by atoms with E-state index in [1.807, 2.05) is 6.92 Å². The number of ether oxygens (including phenoxy) is 1. The number of thioether (sulfide) groups is 1. The van der Waals surface area contributed by atoms with Gasteiger partial charge in [-0.1, -0.05) is 41.6 Å². The number of hydrogen-bond acceptors (Lipinski definition) is 8. The summed E-state index contributed by atoms with van der Waals surface area (Å²) in [6.45, 7) is 3.98. The molecule has 0 radical (unpaired) electrons. The van der Waals surface area contributed by atoms with Crippen LogP contribution in [0.25, 0.3) is 0 Å². The Hall–Kier alpha value is -2.60. The Bertz CT molecular complexity index is 1270. The number of aryl methyl sites for hydroxylation is 1. The number of amides is 2. The minimum Gasteiger partial charge on any atom is -0.479 e. The highest BCUT2D eigenvalue weighted by Gasteiger charge is 2.44. The Morgan fingerprint density at radius 1 is 1.08 bits per heavy atom. The summed E-state index contributed by atoms with van der Waals surface area (Å²) in [5.41, 5.74) is 1.51. The van der Waals surface area contributed by atoms with Gasteiger partial charge in [0.2, 0.25) is 14.4 Å². The van der Waals surface area contributed by atoms with Gasteiger partial charge in [0.25, 0.3) is 11.8 Å². The summed E-state index contributed by atoms with van der Waals surface area (Å²) in [5.74, 6) is -1.78. The summed E-state index contributed by atoms with van der Waals surface area (Å²) in [7, 11) is -3.81. The summed E-state index contributed by atoms with van der Waals surface area (Å²) in [6, 6.07) is 13.1. The molecule has 0 spiro atoms. The fourth-order valence-corrected chi connectivity index (χ4v) is 7.31. The number of piperidine rings is 1. The van der Waals surface area contributed by atoms with Crippen LogP contribution in [-0.2, 0) is 19.6 Å². The number of imide groups is 1. The third-order valence-electron chi connectivity index (χ3n) is 6.24. The van der Waals surface area contributed by atoms with Gasteiger partial charge in [0.05, 0.1) is 28.0 Å². The molecule has 2 heterocycles. The van der Waals surface area contributed by atoms with Gasteiger partial charge < -0.3 is 4.74 Å². The summed E-state index contributed by atoms with van der Waals surface area (Å²) < 4.78 is 33.4. The predicted molar refractivity (Wildman–Crippen MR) is 140 cm³/mol. The van der Waals surface area contributed by atoms with Crippen LogP contribution >= 0.6 is 24.0 Å². The van der Waals surface area contributed by atoms with Gasteiger partial charge in [-0.25, -0.2) is 8.42 Å². The molecule has 2 unspecified atom stereocenters. The van der Waals surface area contributed by atoms with Crippen molar-refractivity contribution in [2.24, 2.45) is 5.92 Å². The first-order valence-corrected chi connectivity index (χ1v) is 14.3. The molecule has 2 atom stereocenters. The quantitative estimate of drug-likeness (QED) is 0.383. The molecule has 0 N–H and O–H groups in total. The second-order valence-electron chi connectivity index (χ2n) is 8.61. The van der Waals surface area contributed by atoms with Crippen molar-refractivity contribution in [1.82, 2.24) is 9.21 Å². The van der Waals surface area contributed by atoms with Crippen molar-refractivity contribution in [3.05, 3.63) is 65.2 Å². The van der Waals surface area contributed by atoms with Crippen molar-refractivity contribution in [2.45, 2.75) is 37.0 Å². The molecule has 8 nitrogen and oxygen atoms in total. The smallest absolute Gasteiger partial charge is 0.262 e. The summed E-state index contributed by atoms with van der Waals surface area (Å²) in [4.78, 5) is 40.5. The third kappa shape index (κ3) is 5.24. The lowest BCUT2D eigenvalue weighted by molar-refractivity contribution is -0.125. The normalized spacial score (nSPS) is 19.3. The van der Waals surface area contributed by atoms with E-state index in [0.717, 1.165) is 22.2 Å². The third-order valence-corrected chi connectivity index (χ3v) is 9.51. The van der Waals surface area contributed by atoms with Crippen LogP contribution in [0.5, 0.6) is 0 Å². The van der Waals surface area contributed by atoms with E-state index in [9.17, 15) is 22.8 Å². The number of ketones is 1. The first-order valence-electron chi connectivity index (χ1n) is 11.5. The SMILES string of the molecule is CCOC(=S)SC(CC1CN(S(=O)(=O)c2ccc(C)cc2)CCC1=O)N1C(=O)c2ccccc2C1=O. The Kier molecular flexibility index (Phi) is 7.93. The molecule has 2 aliphatic rings. The predicted octanol–water partition coefficient (Wildman–Crippen LogP) is 3.64. The van der Waals surface area contributed by atoms with E-state index in [2.05, 4.69) is 0 Å². The average molecular weight is 547 g/mol. The standard InChI is InChI=1S/C25H26N2O6S3/c1-3-33-25(34)35-22(27-23(29)19-6-4-5-7-20(19)24(27)30)14-17-15-26(13-12-21(17)28)36(31,32)18-10-8-16(2)9-11-18/h4-11,17,22H,3,12-15H2,1-2H3. The number of carbonyl (C=O) groups excluding carboxylic acids is 3. The molecule has 2 aliphatic heterocycles. The monoisotopic (exact) mass is 546 g/mol. The second-order valence-corrected chi connectivity index (χ2v) is 12.3. The largest absolute Gasteiger partial charge is 0.479 e. The van der Waals surface area contributed by atoms with E-state index in [1.165, 1.54) is 4.31 Å². The van der Waals surface area contributed by atoms with Crippen LogP contribution in [0, 0.1) is 12.8 Å². The zero-order valence-electron chi connectivity index (χ0n) is 19.9. The van der Waals surface area contributed by atoms with Crippen molar-refractivity contribution < 1.29 is 27.5 Å². The number of hydrogen-bond donors (Lipinski definition) is 0. The van der Waals surface area contributed by atoms with Crippen LogP contribution in [0.4, 0.5) is 0 Å². The molecule has 0 aliphatic carbocycles. The first kappa shape index (κ1) is 26.5. The molecule has 2 aromatic carbocycles. The molecule has 1 fully saturated rings. The van der Waals surface area contributed by atoms with Crippen molar-refractivity contribution in [1.29, 1.82) is 0 Å². The van der Waals surface area contributed by atoms with Crippen LogP contribution in [0.2, 0.25) is 0 Å². The van der Waals surface area contributed by atoms with Gasteiger partial charge in [0.15, 0.2) is 0 Å². The number of nitrogens with zero attached hydrogens (tertiary/aromatic N) is 2. The van der Waals surface area contributed by atoms with Gasteiger partial charge in [-0.05, 0) is 56.8 Å².